The first-order chi connectivity index (χ1) is 7.88. The minimum absolute atomic E-state index is 0.497. The molecule has 0 fully saturated rings. The van der Waals surface area contributed by atoms with Crippen LogP contribution in [-0.2, 0) is 9.53 Å². The van der Waals surface area contributed by atoms with Gasteiger partial charge in [-0.3, -0.25) is 0 Å². The molecule has 0 aliphatic rings. The Hall–Kier alpha value is -1.59. The van der Waals surface area contributed by atoms with Gasteiger partial charge in [-0.2, -0.15) is 0 Å². The lowest BCUT2D eigenvalue weighted by Crippen LogP contribution is -2.30. The summed E-state index contributed by atoms with van der Waals surface area (Å²) in [6, 6.07) is 3.35. The SMILES string of the molecule is COC(=O)C(O)C(O)c1c(C)cc(N)cc1C. The lowest BCUT2D eigenvalue weighted by Gasteiger charge is -2.20. The fraction of sp³-hybridized carbons (Fsp3) is 0.417. The maximum Gasteiger partial charge on any atom is 0.337 e. The maximum atomic E-state index is 11.2. The quantitative estimate of drug-likeness (QED) is 0.526. The lowest BCUT2D eigenvalue weighted by molar-refractivity contribution is -0.156. The Balaban J connectivity index is 3.12. The second-order valence-electron chi connectivity index (χ2n) is 3.98. The third-order valence-corrected chi connectivity index (χ3v) is 2.65. The number of hydrogen-bond acceptors (Lipinski definition) is 5. The Morgan fingerprint density at radius 1 is 1.29 bits per heavy atom. The van der Waals surface area contributed by atoms with Gasteiger partial charge in [0.05, 0.1) is 7.11 Å². The van der Waals surface area contributed by atoms with Crippen LogP contribution in [-0.4, -0.2) is 29.4 Å². The molecule has 5 heteroatoms. The van der Waals surface area contributed by atoms with Crippen molar-refractivity contribution in [3.8, 4) is 0 Å². The van der Waals surface area contributed by atoms with E-state index in [0.29, 0.717) is 11.3 Å². The number of aryl methyl sites for hydroxylation is 2. The first-order valence-electron chi connectivity index (χ1n) is 5.19. The lowest BCUT2D eigenvalue weighted by atomic mass is 9.94. The normalized spacial score (nSPS) is 14.2. The number of methoxy groups -OCH3 is 1. The number of hydrogen-bond donors (Lipinski definition) is 3. The van der Waals surface area contributed by atoms with Gasteiger partial charge in [-0.25, -0.2) is 4.79 Å². The van der Waals surface area contributed by atoms with E-state index in [-0.39, 0.29) is 0 Å². The van der Waals surface area contributed by atoms with Gasteiger partial charge < -0.3 is 20.7 Å². The summed E-state index contributed by atoms with van der Waals surface area (Å²) in [6.07, 6.45) is -2.91. The fourth-order valence-corrected chi connectivity index (χ4v) is 1.88. The number of nitrogen functional groups attached to an aromatic ring is 1. The summed E-state index contributed by atoms with van der Waals surface area (Å²) < 4.78 is 4.38. The zero-order chi connectivity index (χ0) is 13.2. The second-order valence-corrected chi connectivity index (χ2v) is 3.98. The van der Waals surface area contributed by atoms with Crippen LogP contribution in [0.2, 0.25) is 0 Å². The molecule has 1 aromatic carbocycles. The summed E-state index contributed by atoms with van der Waals surface area (Å²) in [7, 11) is 1.15. The van der Waals surface area contributed by atoms with E-state index < -0.39 is 18.2 Å². The molecule has 0 spiro atoms. The summed E-state index contributed by atoms with van der Waals surface area (Å²) in [5.41, 5.74) is 8.17. The van der Waals surface area contributed by atoms with E-state index >= 15 is 0 Å². The highest BCUT2D eigenvalue weighted by molar-refractivity contribution is 5.75. The van der Waals surface area contributed by atoms with Crippen LogP contribution >= 0.6 is 0 Å². The number of anilines is 1. The number of esters is 1. The van der Waals surface area contributed by atoms with E-state index in [0.717, 1.165) is 18.2 Å². The molecule has 0 saturated heterocycles. The standard InChI is InChI=1S/C12H17NO4/c1-6-4-8(13)5-7(2)9(6)10(14)11(15)12(16)17-3/h4-5,10-11,14-15H,13H2,1-3H3. The van der Waals surface area contributed by atoms with Crippen molar-refractivity contribution in [1.29, 1.82) is 0 Å². The summed E-state index contributed by atoms with van der Waals surface area (Å²) >= 11 is 0. The summed E-state index contributed by atoms with van der Waals surface area (Å²) in [4.78, 5) is 11.2. The van der Waals surface area contributed by atoms with Crippen LogP contribution in [0, 0.1) is 13.8 Å². The van der Waals surface area contributed by atoms with Crippen molar-refractivity contribution in [2.75, 3.05) is 12.8 Å². The average Bonchev–Trinajstić information content (AvgIpc) is 2.25. The third kappa shape index (κ3) is 2.75. The van der Waals surface area contributed by atoms with Crippen molar-refractivity contribution in [1.82, 2.24) is 0 Å². The molecular formula is C12H17NO4. The smallest absolute Gasteiger partial charge is 0.337 e. The predicted molar refractivity (Wildman–Crippen MR) is 63.3 cm³/mol. The number of rotatable bonds is 3. The second kappa shape index (κ2) is 5.16. The zero-order valence-corrected chi connectivity index (χ0v) is 10.1. The zero-order valence-electron chi connectivity index (χ0n) is 10.1. The molecule has 4 N–H and O–H groups in total. The van der Waals surface area contributed by atoms with E-state index in [2.05, 4.69) is 4.74 Å². The fourth-order valence-electron chi connectivity index (χ4n) is 1.88. The van der Waals surface area contributed by atoms with Crippen LogP contribution < -0.4 is 5.73 Å². The molecule has 0 aromatic heterocycles. The molecule has 2 unspecified atom stereocenters. The van der Waals surface area contributed by atoms with Gasteiger partial charge in [0.15, 0.2) is 6.10 Å². The van der Waals surface area contributed by atoms with Crippen LogP contribution in [0.1, 0.15) is 22.8 Å². The van der Waals surface area contributed by atoms with Crippen molar-refractivity contribution < 1.29 is 19.7 Å². The van der Waals surface area contributed by atoms with E-state index in [1.54, 1.807) is 26.0 Å². The van der Waals surface area contributed by atoms with Crippen LogP contribution in [0.4, 0.5) is 5.69 Å². The Morgan fingerprint density at radius 3 is 2.18 bits per heavy atom. The monoisotopic (exact) mass is 239 g/mol. The number of carbonyl (C=O) groups excluding carboxylic acids is 1. The van der Waals surface area contributed by atoms with Gasteiger partial charge in [-0.15, -0.1) is 0 Å². The van der Waals surface area contributed by atoms with Gasteiger partial charge in [0.2, 0.25) is 0 Å². The van der Waals surface area contributed by atoms with Crippen LogP contribution in [0.15, 0.2) is 12.1 Å². The number of benzene rings is 1. The molecule has 1 aromatic rings. The van der Waals surface area contributed by atoms with Gasteiger partial charge in [-0.05, 0) is 42.7 Å². The Labute approximate surface area is 99.8 Å². The number of nitrogens with two attached hydrogens (primary N) is 1. The number of aliphatic hydroxyl groups is 2. The molecule has 1 rings (SSSR count). The number of ether oxygens (including phenoxy) is 1. The Kier molecular flexibility index (Phi) is 4.09. The van der Waals surface area contributed by atoms with Crippen LogP contribution in [0.3, 0.4) is 0 Å². The molecule has 2 atom stereocenters. The molecule has 0 bridgehead atoms. The molecule has 0 saturated carbocycles. The minimum atomic E-state index is -1.60. The maximum absolute atomic E-state index is 11.2. The molecule has 94 valence electrons. The molecular weight excluding hydrogens is 222 g/mol. The van der Waals surface area contributed by atoms with E-state index in [9.17, 15) is 15.0 Å². The van der Waals surface area contributed by atoms with E-state index in [4.69, 9.17) is 5.73 Å². The van der Waals surface area contributed by atoms with Gasteiger partial charge in [0.1, 0.15) is 6.10 Å². The summed E-state index contributed by atoms with van der Waals surface area (Å²) in [5, 5.41) is 19.6. The Bertz CT molecular complexity index is 408. The van der Waals surface area contributed by atoms with Crippen LogP contribution in [0.25, 0.3) is 0 Å². The van der Waals surface area contributed by atoms with Gasteiger partial charge in [-0.1, -0.05) is 0 Å². The molecule has 0 heterocycles. The van der Waals surface area contributed by atoms with Crippen molar-refractivity contribution in [3.05, 3.63) is 28.8 Å². The van der Waals surface area contributed by atoms with Crippen molar-refractivity contribution in [2.45, 2.75) is 26.1 Å². The topological polar surface area (TPSA) is 92.8 Å². The van der Waals surface area contributed by atoms with E-state index in [1.807, 2.05) is 0 Å². The number of carbonyl (C=O) groups is 1. The largest absolute Gasteiger partial charge is 0.467 e. The first kappa shape index (κ1) is 13.5. The molecule has 17 heavy (non-hydrogen) atoms. The highest BCUT2D eigenvalue weighted by atomic mass is 16.5. The molecule has 0 amide bonds. The van der Waals surface area contributed by atoms with Crippen molar-refractivity contribution in [2.24, 2.45) is 0 Å². The first-order valence-corrected chi connectivity index (χ1v) is 5.19. The molecule has 0 aliphatic carbocycles. The highest BCUT2D eigenvalue weighted by Crippen LogP contribution is 2.27. The van der Waals surface area contributed by atoms with Gasteiger partial charge in [0.25, 0.3) is 0 Å². The minimum Gasteiger partial charge on any atom is -0.467 e. The Morgan fingerprint density at radius 2 is 1.76 bits per heavy atom. The number of aliphatic hydroxyl groups excluding tert-OH is 2. The average molecular weight is 239 g/mol. The van der Waals surface area contributed by atoms with Crippen LogP contribution in [0.5, 0.6) is 0 Å². The molecule has 0 radical (unpaired) electrons. The summed E-state index contributed by atoms with van der Waals surface area (Å²) in [5.74, 6) is -0.867. The molecule has 5 nitrogen and oxygen atoms in total. The van der Waals surface area contributed by atoms with E-state index in [1.165, 1.54) is 0 Å². The van der Waals surface area contributed by atoms with Crippen molar-refractivity contribution >= 4 is 11.7 Å². The highest BCUT2D eigenvalue weighted by Gasteiger charge is 2.28. The third-order valence-electron chi connectivity index (χ3n) is 2.65. The van der Waals surface area contributed by atoms with Crippen molar-refractivity contribution in [3.63, 3.8) is 0 Å². The summed E-state index contributed by atoms with van der Waals surface area (Å²) in [6.45, 7) is 3.51. The van der Waals surface area contributed by atoms with Gasteiger partial charge >= 0.3 is 5.97 Å². The molecule has 0 aliphatic heterocycles. The predicted octanol–water partition coefficient (Wildman–Crippen LogP) is 0.453. The van der Waals surface area contributed by atoms with Gasteiger partial charge in [0, 0.05) is 5.69 Å².